The lowest BCUT2D eigenvalue weighted by Gasteiger charge is -2.10. The van der Waals surface area contributed by atoms with E-state index in [1.807, 2.05) is 6.92 Å². The highest BCUT2D eigenvalue weighted by Crippen LogP contribution is 2.39. The molecule has 5 heteroatoms. The number of benzene rings is 2. The van der Waals surface area contributed by atoms with Crippen LogP contribution in [0.4, 0.5) is 4.39 Å². The minimum absolute atomic E-state index is 0.128. The summed E-state index contributed by atoms with van der Waals surface area (Å²) in [5, 5.41) is 9.83. The first-order valence-corrected chi connectivity index (χ1v) is 5.85. The van der Waals surface area contributed by atoms with Crippen LogP contribution in [0.15, 0.2) is 30.3 Å². The van der Waals surface area contributed by atoms with Crippen molar-refractivity contribution in [2.45, 2.75) is 6.92 Å². The largest absolute Gasteiger partial charge is 0.504 e. The molecule has 0 saturated carbocycles. The summed E-state index contributed by atoms with van der Waals surface area (Å²) in [6.07, 6.45) is 0. The number of aromatic hydroxyl groups is 1. The number of ether oxygens (including phenoxy) is 1. The van der Waals surface area contributed by atoms with Gasteiger partial charge in [-0.25, -0.2) is 4.39 Å². The summed E-state index contributed by atoms with van der Waals surface area (Å²) in [5.41, 5.74) is 0.888. The van der Waals surface area contributed by atoms with Gasteiger partial charge in [0.15, 0.2) is 11.5 Å². The van der Waals surface area contributed by atoms with E-state index < -0.39 is 5.82 Å². The molecule has 0 unspecified atom stereocenters. The molecule has 0 aliphatic heterocycles. The zero-order valence-electron chi connectivity index (χ0n) is 9.38. The Labute approximate surface area is 114 Å². The molecule has 0 heterocycles. The van der Waals surface area contributed by atoms with Gasteiger partial charge in [-0.1, -0.05) is 29.3 Å². The van der Waals surface area contributed by atoms with Gasteiger partial charge in [0, 0.05) is 5.02 Å². The van der Waals surface area contributed by atoms with Crippen LogP contribution in [0.5, 0.6) is 17.2 Å². The second kappa shape index (κ2) is 5.04. The number of hydrogen-bond acceptors (Lipinski definition) is 2. The Morgan fingerprint density at radius 1 is 1.17 bits per heavy atom. The molecular formula is C13H9Cl2FO2. The minimum atomic E-state index is -0.664. The Bertz CT molecular complexity index is 600. The van der Waals surface area contributed by atoms with Crippen LogP contribution in [0.3, 0.4) is 0 Å². The highest BCUT2D eigenvalue weighted by Gasteiger charge is 2.14. The third kappa shape index (κ3) is 2.52. The zero-order chi connectivity index (χ0) is 13.3. The van der Waals surface area contributed by atoms with Crippen molar-refractivity contribution in [3.05, 3.63) is 51.8 Å². The topological polar surface area (TPSA) is 29.5 Å². The quantitative estimate of drug-likeness (QED) is 0.847. The van der Waals surface area contributed by atoms with E-state index in [2.05, 4.69) is 0 Å². The highest BCUT2D eigenvalue weighted by atomic mass is 35.5. The van der Waals surface area contributed by atoms with Crippen molar-refractivity contribution in [1.82, 2.24) is 0 Å². The van der Waals surface area contributed by atoms with Crippen molar-refractivity contribution in [3.63, 3.8) is 0 Å². The molecule has 2 nitrogen and oxygen atoms in total. The molecule has 0 bridgehead atoms. The fourth-order valence-electron chi connectivity index (χ4n) is 1.37. The SMILES string of the molecule is Cc1ccc(Oc2c(O)ccc(F)c2Cl)cc1Cl. The average Bonchev–Trinajstić information content (AvgIpc) is 2.34. The third-order valence-corrected chi connectivity index (χ3v) is 3.15. The number of hydrogen-bond donors (Lipinski definition) is 1. The molecule has 0 atom stereocenters. The fourth-order valence-corrected chi connectivity index (χ4v) is 1.74. The van der Waals surface area contributed by atoms with E-state index in [-0.39, 0.29) is 16.5 Å². The molecule has 94 valence electrons. The minimum Gasteiger partial charge on any atom is -0.504 e. The molecule has 0 aliphatic rings. The van der Waals surface area contributed by atoms with Crippen LogP contribution < -0.4 is 4.74 Å². The molecule has 0 radical (unpaired) electrons. The molecule has 0 fully saturated rings. The van der Waals surface area contributed by atoms with Gasteiger partial charge in [-0.2, -0.15) is 0 Å². The lowest BCUT2D eigenvalue weighted by atomic mass is 10.2. The smallest absolute Gasteiger partial charge is 0.190 e. The number of rotatable bonds is 2. The fraction of sp³-hybridized carbons (Fsp3) is 0.0769. The Balaban J connectivity index is 2.39. The van der Waals surface area contributed by atoms with Gasteiger partial charge in [0.25, 0.3) is 0 Å². The second-order valence-electron chi connectivity index (χ2n) is 3.72. The van der Waals surface area contributed by atoms with Crippen LogP contribution in [0.1, 0.15) is 5.56 Å². The van der Waals surface area contributed by atoms with Gasteiger partial charge in [0.1, 0.15) is 16.6 Å². The van der Waals surface area contributed by atoms with Gasteiger partial charge >= 0.3 is 0 Å². The summed E-state index contributed by atoms with van der Waals surface area (Å²) < 4.78 is 18.6. The van der Waals surface area contributed by atoms with E-state index >= 15 is 0 Å². The summed E-state index contributed by atoms with van der Waals surface area (Å²) in [7, 11) is 0. The van der Waals surface area contributed by atoms with Crippen molar-refractivity contribution in [3.8, 4) is 17.2 Å². The first kappa shape index (κ1) is 13.0. The van der Waals surface area contributed by atoms with Gasteiger partial charge in [-0.05, 0) is 36.8 Å². The van der Waals surface area contributed by atoms with Crippen molar-refractivity contribution in [2.75, 3.05) is 0 Å². The summed E-state index contributed by atoms with van der Waals surface area (Å²) in [4.78, 5) is 0. The molecule has 0 amide bonds. The summed E-state index contributed by atoms with van der Waals surface area (Å²) in [6.45, 7) is 1.85. The maximum Gasteiger partial charge on any atom is 0.190 e. The van der Waals surface area contributed by atoms with Gasteiger partial charge in [-0.15, -0.1) is 0 Å². The van der Waals surface area contributed by atoms with E-state index in [1.165, 1.54) is 6.07 Å². The molecule has 18 heavy (non-hydrogen) atoms. The highest BCUT2D eigenvalue weighted by molar-refractivity contribution is 6.32. The van der Waals surface area contributed by atoms with Crippen molar-refractivity contribution < 1.29 is 14.2 Å². The monoisotopic (exact) mass is 286 g/mol. The van der Waals surface area contributed by atoms with E-state index in [4.69, 9.17) is 27.9 Å². The maximum atomic E-state index is 13.3. The number of phenolic OH excluding ortho intramolecular Hbond substituents is 1. The Hall–Kier alpha value is -1.45. The van der Waals surface area contributed by atoms with Crippen molar-refractivity contribution >= 4 is 23.2 Å². The normalized spacial score (nSPS) is 10.4. The number of halogens is 3. The first-order valence-electron chi connectivity index (χ1n) is 5.10. The van der Waals surface area contributed by atoms with Gasteiger partial charge in [0.05, 0.1) is 0 Å². The molecule has 0 aromatic heterocycles. The predicted molar refractivity (Wildman–Crippen MR) is 69.3 cm³/mol. The van der Waals surface area contributed by atoms with Gasteiger partial charge in [-0.3, -0.25) is 0 Å². The Morgan fingerprint density at radius 2 is 1.89 bits per heavy atom. The second-order valence-corrected chi connectivity index (χ2v) is 4.51. The molecule has 2 rings (SSSR count). The summed E-state index contributed by atoms with van der Waals surface area (Å²) >= 11 is 11.7. The van der Waals surface area contributed by atoms with Crippen LogP contribution in [-0.2, 0) is 0 Å². The summed E-state index contributed by atoms with van der Waals surface area (Å²) in [6, 6.07) is 7.21. The van der Waals surface area contributed by atoms with E-state index in [1.54, 1.807) is 18.2 Å². The van der Waals surface area contributed by atoms with Crippen molar-refractivity contribution in [1.29, 1.82) is 0 Å². The first-order chi connectivity index (χ1) is 8.49. The molecule has 2 aromatic carbocycles. The molecule has 1 N–H and O–H groups in total. The molecule has 0 saturated heterocycles. The molecule has 0 spiro atoms. The number of aryl methyl sites for hydroxylation is 1. The van der Waals surface area contributed by atoms with Gasteiger partial charge < -0.3 is 9.84 Å². The van der Waals surface area contributed by atoms with Crippen LogP contribution in [0, 0.1) is 12.7 Å². The average molecular weight is 287 g/mol. The Kier molecular flexibility index (Phi) is 3.64. The van der Waals surface area contributed by atoms with E-state index in [0.29, 0.717) is 10.8 Å². The van der Waals surface area contributed by atoms with Gasteiger partial charge in [0.2, 0.25) is 0 Å². The molecular weight excluding hydrogens is 278 g/mol. The third-order valence-electron chi connectivity index (χ3n) is 2.39. The Morgan fingerprint density at radius 3 is 2.56 bits per heavy atom. The summed E-state index contributed by atoms with van der Waals surface area (Å²) in [5.74, 6) is -0.661. The van der Waals surface area contributed by atoms with Crippen LogP contribution in [0.2, 0.25) is 10.0 Å². The van der Waals surface area contributed by atoms with Crippen molar-refractivity contribution in [2.24, 2.45) is 0 Å². The van der Waals surface area contributed by atoms with E-state index in [0.717, 1.165) is 11.6 Å². The van der Waals surface area contributed by atoms with E-state index in [9.17, 15) is 9.50 Å². The predicted octanol–water partition coefficient (Wildman–Crippen LogP) is 4.94. The van der Waals surface area contributed by atoms with Crippen LogP contribution in [-0.4, -0.2) is 5.11 Å². The lowest BCUT2D eigenvalue weighted by Crippen LogP contribution is -1.89. The standard InChI is InChI=1S/C13H9Cl2FO2/c1-7-2-3-8(6-9(7)14)18-13-11(17)5-4-10(16)12(13)15/h2-6,17H,1H3. The van der Waals surface area contributed by atoms with Crippen LogP contribution in [0.25, 0.3) is 0 Å². The zero-order valence-corrected chi connectivity index (χ0v) is 10.9. The lowest BCUT2D eigenvalue weighted by molar-refractivity contribution is 0.407. The molecule has 0 aliphatic carbocycles. The maximum absolute atomic E-state index is 13.3. The number of phenols is 1. The molecule has 2 aromatic rings. The van der Waals surface area contributed by atoms with Crippen LogP contribution >= 0.6 is 23.2 Å².